The summed E-state index contributed by atoms with van der Waals surface area (Å²) in [6.07, 6.45) is 1.02. The summed E-state index contributed by atoms with van der Waals surface area (Å²) >= 11 is 0. The maximum atomic E-state index is 10.7. The lowest BCUT2D eigenvalue weighted by Gasteiger charge is -2.16. The molecule has 0 heterocycles. The number of hydrogen-bond donors (Lipinski definition) is 2. The third-order valence-electron chi connectivity index (χ3n) is 1.88. The molecule has 0 aliphatic carbocycles. The zero-order chi connectivity index (χ0) is 11.1. The molecule has 0 bridgehead atoms. The summed E-state index contributed by atoms with van der Waals surface area (Å²) in [5, 5.41) is 9.17. The Morgan fingerprint density at radius 2 is 2.14 bits per heavy atom. The Labute approximate surface area is 81.6 Å². The fourth-order valence-electron chi connectivity index (χ4n) is 1.03. The van der Waals surface area contributed by atoms with Gasteiger partial charge in [-0.15, -0.1) is 0 Å². The number of nitrogens with two attached hydrogens (primary N) is 1. The fourth-order valence-corrected chi connectivity index (χ4v) is 1.03. The quantitative estimate of drug-likeness (QED) is 0.319. The standard InChI is InChI=1S/C8H14N2O4/c1-6(8(9)13)2-7(4-11)3-10(14)5-12/h4-7,14H,2-3H2,1H3,(H2,9,13). The molecule has 0 fully saturated rings. The predicted octanol–water partition coefficient (Wildman–Crippen LogP) is -0.839. The molecular weight excluding hydrogens is 188 g/mol. The minimum atomic E-state index is -0.576. The minimum absolute atomic E-state index is 0.120. The number of primary amides is 1. The lowest BCUT2D eigenvalue weighted by molar-refractivity contribution is -0.153. The molecule has 2 atom stereocenters. The van der Waals surface area contributed by atoms with Crippen molar-refractivity contribution in [1.29, 1.82) is 0 Å². The average Bonchev–Trinajstić information content (AvgIpc) is 2.16. The molecule has 0 spiro atoms. The first-order valence-electron chi connectivity index (χ1n) is 4.16. The Balaban J connectivity index is 4.08. The van der Waals surface area contributed by atoms with Crippen LogP contribution in [-0.2, 0) is 14.4 Å². The predicted molar refractivity (Wildman–Crippen MR) is 47.1 cm³/mol. The number of amides is 2. The van der Waals surface area contributed by atoms with Gasteiger partial charge in [0.15, 0.2) is 0 Å². The molecule has 0 radical (unpaired) electrons. The van der Waals surface area contributed by atoms with Gasteiger partial charge < -0.3 is 10.5 Å². The SMILES string of the molecule is CC(CC(C=O)CN(O)C=O)C(N)=O. The zero-order valence-corrected chi connectivity index (χ0v) is 7.92. The van der Waals surface area contributed by atoms with Crippen molar-refractivity contribution in [2.75, 3.05) is 6.54 Å². The number of carbonyl (C=O) groups excluding carboxylic acids is 3. The van der Waals surface area contributed by atoms with E-state index in [4.69, 9.17) is 10.9 Å². The second-order valence-electron chi connectivity index (χ2n) is 3.16. The zero-order valence-electron chi connectivity index (χ0n) is 7.92. The van der Waals surface area contributed by atoms with E-state index in [9.17, 15) is 14.4 Å². The highest BCUT2D eigenvalue weighted by Crippen LogP contribution is 2.10. The third-order valence-corrected chi connectivity index (χ3v) is 1.88. The van der Waals surface area contributed by atoms with E-state index in [2.05, 4.69) is 0 Å². The first kappa shape index (κ1) is 12.6. The molecule has 0 aliphatic rings. The van der Waals surface area contributed by atoms with Crippen LogP contribution in [0.2, 0.25) is 0 Å². The lowest BCUT2D eigenvalue weighted by atomic mass is 9.96. The van der Waals surface area contributed by atoms with E-state index < -0.39 is 17.7 Å². The second-order valence-corrected chi connectivity index (χ2v) is 3.16. The first-order valence-corrected chi connectivity index (χ1v) is 4.16. The van der Waals surface area contributed by atoms with Crippen LogP contribution in [0.15, 0.2) is 0 Å². The Bertz CT molecular complexity index is 219. The van der Waals surface area contributed by atoms with E-state index in [-0.39, 0.29) is 19.4 Å². The lowest BCUT2D eigenvalue weighted by Crippen LogP contribution is -2.30. The summed E-state index contributed by atoms with van der Waals surface area (Å²) in [6.45, 7) is 1.46. The summed E-state index contributed by atoms with van der Waals surface area (Å²) in [4.78, 5) is 31.2. The third kappa shape index (κ3) is 4.56. The minimum Gasteiger partial charge on any atom is -0.369 e. The van der Waals surface area contributed by atoms with Crippen molar-refractivity contribution < 1.29 is 19.6 Å². The van der Waals surface area contributed by atoms with E-state index in [1.807, 2.05) is 0 Å². The molecule has 0 rings (SSSR count). The van der Waals surface area contributed by atoms with Crippen LogP contribution >= 0.6 is 0 Å². The molecule has 0 saturated heterocycles. The maximum absolute atomic E-state index is 10.7. The molecule has 14 heavy (non-hydrogen) atoms. The number of hydroxylamine groups is 2. The van der Waals surface area contributed by atoms with Crippen molar-refractivity contribution in [2.24, 2.45) is 17.6 Å². The van der Waals surface area contributed by atoms with E-state index in [0.717, 1.165) is 0 Å². The van der Waals surface area contributed by atoms with Gasteiger partial charge in [-0.2, -0.15) is 0 Å². The Morgan fingerprint density at radius 3 is 2.50 bits per heavy atom. The van der Waals surface area contributed by atoms with Crippen LogP contribution in [0.3, 0.4) is 0 Å². The smallest absolute Gasteiger partial charge is 0.233 e. The molecule has 0 saturated carbocycles. The van der Waals surface area contributed by atoms with Gasteiger partial charge >= 0.3 is 0 Å². The Kier molecular flexibility index (Phi) is 5.47. The van der Waals surface area contributed by atoms with Gasteiger partial charge in [-0.05, 0) is 6.42 Å². The number of rotatable bonds is 7. The van der Waals surface area contributed by atoms with Gasteiger partial charge in [-0.3, -0.25) is 14.8 Å². The van der Waals surface area contributed by atoms with Crippen molar-refractivity contribution in [3.63, 3.8) is 0 Å². The highest BCUT2D eigenvalue weighted by molar-refractivity contribution is 5.76. The first-order chi connectivity index (χ1) is 6.51. The molecule has 80 valence electrons. The molecule has 6 nitrogen and oxygen atoms in total. The normalized spacial score (nSPS) is 14.1. The summed E-state index contributed by atoms with van der Waals surface area (Å²) in [6, 6.07) is 0. The van der Waals surface area contributed by atoms with Crippen molar-refractivity contribution >= 4 is 18.6 Å². The van der Waals surface area contributed by atoms with Gasteiger partial charge in [0, 0.05) is 11.8 Å². The second kappa shape index (κ2) is 6.09. The fraction of sp³-hybridized carbons (Fsp3) is 0.625. The van der Waals surface area contributed by atoms with Crippen LogP contribution in [0.4, 0.5) is 0 Å². The largest absolute Gasteiger partial charge is 0.369 e. The van der Waals surface area contributed by atoms with Crippen molar-refractivity contribution in [3.8, 4) is 0 Å². The molecule has 0 aromatic rings. The molecule has 2 amide bonds. The average molecular weight is 202 g/mol. The van der Waals surface area contributed by atoms with Gasteiger partial charge in [-0.25, -0.2) is 5.06 Å². The van der Waals surface area contributed by atoms with Crippen molar-refractivity contribution in [3.05, 3.63) is 0 Å². The summed E-state index contributed by atoms with van der Waals surface area (Å²) in [7, 11) is 0. The number of nitrogens with zero attached hydrogens (tertiary/aromatic N) is 1. The molecule has 0 aromatic heterocycles. The molecule has 0 aromatic carbocycles. The molecular formula is C8H14N2O4. The van der Waals surface area contributed by atoms with Crippen LogP contribution in [0.5, 0.6) is 0 Å². The van der Waals surface area contributed by atoms with Crippen molar-refractivity contribution in [1.82, 2.24) is 5.06 Å². The Morgan fingerprint density at radius 1 is 1.57 bits per heavy atom. The topological polar surface area (TPSA) is 101 Å². The van der Waals surface area contributed by atoms with Gasteiger partial charge in [0.25, 0.3) is 0 Å². The summed E-state index contributed by atoms with van der Waals surface area (Å²) in [5.74, 6) is -1.54. The number of aldehydes is 1. The van der Waals surface area contributed by atoms with E-state index in [0.29, 0.717) is 11.3 Å². The summed E-state index contributed by atoms with van der Waals surface area (Å²) < 4.78 is 0. The highest BCUT2D eigenvalue weighted by Gasteiger charge is 2.18. The summed E-state index contributed by atoms with van der Waals surface area (Å²) in [5.41, 5.74) is 5.00. The van der Waals surface area contributed by atoms with Crippen LogP contribution < -0.4 is 5.73 Å². The van der Waals surface area contributed by atoms with Gasteiger partial charge in [0.2, 0.25) is 12.3 Å². The van der Waals surface area contributed by atoms with E-state index in [1.54, 1.807) is 6.92 Å². The van der Waals surface area contributed by atoms with Gasteiger partial charge in [0.1, 0.15) is 6.29 Å². The van der Waals surface area contributed by atoms with E-state index >= 15 is 0 Å². The number of hydrogen-bond acceptors (Lipinski definition) is 4. The van der Waals surface area contributed by atoms with Crippen molar-refractivity contribution in [2.45, 2.75) is 13.3 Å². The van der Waals surface area contributed by atoms with E-state index in [1.165, 1.54) is 0 Å². The molecule has 6 heteroatoms. The number of carbonyl (C=O) groups is 3. The molecule has 0 aliphatic heterocycles. The van der Waals surface area contributed by atoms with Crippen LogP contribution in [-0.4, -0.2) is 35.4 Å². The van der Waals surface area contributed by atoms with Gasteiger partial charge in [-0.1, -0.05) is 6.92 Å². The van der Waals surface area contributed by atoms with Crippen LogP contribution in [0.1, 0.15) is 13.3 Å². The van der Waals surface area contributed by atoms with Crippen LogP contribution in [0, 0.1) is 11.8 Å². The maximum Gasteiger partial charge on any atom is 0.233 e. The van der Waals surface area contributed by atoms with Crippen LogP contribution in [0.25, 0.3) is 0 Å². The Hall–Kier alpha value is -1.43. The molecule has 3 N–H and O–H groups in total. The highest BCUT2D eigenvalue weighted by atomic mass is 16.5. The monoisotopic (exact) mass is 202 g/mol. The van der Waals surface area contributed by atoms with Gasteiger partial charge in [0.05, 0.1) is 6.54 Å². The molecule has 2 unspecified atom stereocenters.